The lowest BCUT2D eigenvalue weighted by Gasteiger charge is -2.30. The second-order valence-corrected chi connectivity index (χ2v) is 18.7. The van der Waals surface area contributed by atoms with Crippen LogP contribution < -0.4 is 16.4 Å². The maximum atomic E-state index is 12.7. The van der Waals surface area contributed by atoms with E-state index in [1.165, 1.54) is 13.8 Å². The Morgan fingerprint density at radius 1 is 1.04 bits per heavy atom. The lowest BCUT2D eigenvalue weighted by Crippen LogP contribution is -2.46. The fourth-order valence-corrected chi connectivity index (χ4v) is 8.31. The number of phosphoric acid groups is 3. The number of anilines is 1. The topological polar surface area (TPSA) is 384 Å². The van der Waals surface area contributed by atoms with Crippen molar-refractivity contribution in [2.75, 3.05) is 37.8 Å². The molecular formula is C27H46N7O18P3S. The molecule has 1 aliphatic rings. The fraction of sp³-hybridized carbons (Fsp3) is 0.704. The van der Waals surface area contributed by atoms with E-state index in [0.717, 1.165) is 29.0 Å². The highest BCUT2D eigenvalue weighted by molar-refractivity contribution is 8.13. The molecule has 0 aromatic carbocycles. The monoisotopic (exact) mass is 881 g/mol. The first-order chi connectivity index (χ1) is 25.8. The molecule has 25 nitrogen and oxygen atoms in total. The molecule has 318 valence electrons. The van der Waals surface area contributed by atoms with E-state index in [9.17, 15) is 63.0 Å². The molecule has 29 heteroatoms. The van der Waals surface area contributed by atoms with Crippen molar-refractivity contribution in [2.24, 2.45) is 11.3 Å². The number of hydrogen-bond acceptors (Lipinski definition) is 19. The lowest BCUT2D eigenvalue weighted by atomic mass is 9.87. The number of amides is 2. The number of aromatic nitrogens is 4. The van der Waals surface area contributed by atoms with Crippen LogP contribution in [0.3, 0.4) is 0 Å². The summed E-state index contributed by atoms with van der Waals surface area (Å²) in [7, 11) is -16.4. The second-order valence-electron chi connectivity index (χ2n) is 13.3. The Labute approximate surface area is 323 Å². The maximum Gasteiger partial charge on any atom is 0.481 e. The Hall–Kier alpha value is -2.48. The molecule has 11 N–H and O–H groups in total. The van der Waals surface area contributed by atoms with Crippen molar-refractivity contribution >= 4 is 69.1 Å². The minimum atomic E-state index is -5.58. The van der Waals surface area contributed by atoms with Gasteiger partial charge in [-0.15, -0.1) is 0 Å². The third-order valence-corrected chi connectivity index (χ3v) is 11.9. The summed E-state index contributed by atoms with van der Waals surface area (Å²) in [6, 6.07) is 0. The molecular weight excluding hydrogens is 835 g/mol. The fourth-order valence-electron chi connectivity index (χ4n) is 4.76. The van der Waals surface area contributed by atoms with Crippen molar-refractivity contribution in [3.63, 3.8) is 0 Å². The van der Waals surface area contributed by atoms with Gasteiger partial charge in [0.15, 0.2) is 22.8 Å². The van der Waals surface area contributed by atoms with Gasteiger partial charge in [0, 0.05) is 37.1 Å². The predicted molar refractivity (Wildman–Crippen MR) is 193 cm³/mol. The second kappa shape index (κ2) is 20.0. The van der Waals surface area contributed by atoms with Crippen LogP contribution in [-0.2, 0) is 50.7 Å². The molecule has 1 saturated heterocycles. The van der Waals surface area contributed by atoms with Gasteiger partial charge in [-0.2, -0.15) is 4.31 Å². The SMILES string of the molecule is CC(C)[C@H](O)CC(=O)SCCNC(=O)CCNC(=O)[C@@H](O)C(C)(C)COP(=O)(O)OP(=O)(O)OC[C@@H]1O[C@H](n2cnc3c(N)ncnc32)[C@H](O)[C@@H]1OP(=O)(O)O. The van der Waals surface area contributed by atoms with Gasteiger partial charge < -0.3 is 56.0 Å². The number of imidazole rings is 1. The summed E-state index contributed by atoms with van der Waals surface area (Å²) in [5.41, 5.74) is 4.23. The Morgan fingerprint density at radius 3 is 2.34 bits per heavy atom. The van der Waals surface area contributed by atoms with Gasteiger partial charge in [0.05, 0.1) is 25.6 Å². The van der Waals surface area contributed by atoms with Crippen LogP contribution in [0, 0.1) is 11.3 Å². The molecule has 56 heavy (non-hydrogen) atoms. The van der Waals surface area contributed by atoms with E-state index in [1.54, 1.807) is 13.8 Å². The van der Waals surface area contributed by atoms with E-state index in [4.69, 9.17) is 19.5 Å². The molecule has 0 bridgehead atoms. The number of carbonyl (C=O) groups is 3. The number of nitrogens with one attached hydrogen (secondary N) is 2. The van der Waals surface area contributed by atoms with Crippen molar-refractivity contribution in [1.82, 2.24) is 30.2 Å². The maximum absolute atomic E-state index is 12.7. The predicted octanol–water partition coefficient (Wildman–Crippen LogP) is -0.928. The number of thioether (sulfide) groups is 1. The summed E-state index contributed by atoms with van der Waals surface area (Å²) in [5.74, 6) is -1.33. The number of carbonyl (C=O) groups excluding carboxylic acids is 3. The summed E-state index contributed by atoms with van der Waals surface area (Å²) in [6.07, 6.45) is -7.77. The van der Waals surface area contributed by atoms with E-state index >= 15 is 0 Å². The van der Waals surface area contributed by atoms with Gasteiger partial charge in [-0.05, 0) is 5.92 Å². The van der Waals surface area contributed by atoms with Gasteiger partial charge in [-0.25, -0.2) is 28.6 Å². The number of ether oxygens (including phenoxy) is 1. The van der Waals surface area contributed by atoms with Crippen LogP contribution in [-0.4, -0.2) is 134 Å². The van der Waals surface area contributed by atoms with Crippen LogP contribution in [0.2, 0.25) is 0 Å². The first-order valence-corrected chi connectivity index (χ1v) is 22.1. The van der Waals surface area contributed by atoms with Crippen molar-refractivity contribution in [2.45, 2.75) is 77.3 Å². The van der Waals surface area contributed by atoms with E-state index < -0.39 is 90.7 Å². The van der Waals surface area contributed by atoms with E-state index in [0.29, 0.717) is 0 Å². The van der Waals surface area contributed by atoms with Crippen LogP contribution in [0.25, 0.3) is 11.2 Å². The van der Waals surface area contributed by atoms with Crippen molar-refractivity contribution in [3.05, 3.63) is 12.7 Å². The minimum Gasteiger partial charge on any atom is -0.392 e. The molecule has 8 atom stereocenters. The summed E-state index contributed by atoms with van der Waals surface area (Å²) in [4.78, 5) is 87.4. The number of nitrogen functional groups attached to an aromatic ring is 1. The van der Waals surface area contributed by atoms with Gasteiger partial charge in [0.25, 0.3) is 0 Å². The molecule has 0 aliphatic carbocycles. The number of nitrogens with zero attached hydrogens (tertiary/aromatic N) is 4. The lowest BCUT2D eigenvalue weighted by molar-refractivity contribution is -0.137. The third kappa shape index (κ3) is 14.4. The zero-order valence-electron chi connectivity index (χ0n) is 30.4. The summed E-state index contributed by atoms with van der Waals surface area (Å²) >= 11 is 0.956. The molecule has 2 aromatic heterocycles. The Kier molecular flexibility index (Phi) is 17.1. The molecule has 0 saturated carbocycles. The molecule has 1 fully saturated rings. The van der Waals surface area contributed by atoms with E-state index in [2.05, 4.69) is 34.4 Å². The number of phosphoric ester groups is 3. The smallest absolute Gasteiger partial charge is 0.392 e. The number of aliphatic hydroxyl groups excluding tert-OH is 3. The van der Waals surface area contributed by atoms with Crippen molar-refractivity contribution < 1.29 is 85.6 Å². The standard InChI is InChI=1S/C27H46N7O18P3S/c1-14(2)15(35)9-18(37)56-8-7-29-17(36)5-6-30-25(40)22(39)27(3,4)11-49-55(46,47)52-54(44,45)48-10-16-21(51-53(41,42)43)20(38)26(50-16)34-13-33-19-23(28)31-12-32-24(19)34/h12-16,20-22,26,35,38-39H,5-11H2,1-4H3,(H,29,36)(H,30,40)(H,44,45)(H,46,47)(H2,28,31,32)(H2,41,42,43)/t15-,16+,20-,21-,22-,26+/m1/s1. The number of aliphatic hydroxyl groups is 3. The Balaban J connectivity index is 1.48. The number of rotatable bonds is 22. The molecule has 2 aromatic rings. The molecule has 0 radical (unpaired) electrons. The van der Waals surface area contributed by atoms with Gasteiger partial charge in [0.1, 0.15) is 36.3 Å². The normalized spacial score (nSPS) is 22.4. The average Bonchev–Trinajstić information content (AvgIpc) is 3.64. The van der Waals surface area contributed by atoms with E-state index in [-0.39, 0.29) is 59.7 Å². The van der Waals surface area contributed by atoms with Crippen molar-refractivity contribution in [3.8, 4) is 0 Å². The highest BCUT2D eigenvalue weighted by Gasteiger charge is 2.50. The average molecular weight is 882 g/mol. The van der Waals surface area contributed by atoms with Gasteiger partial charge >= 0.3 is 23.5 Å². The molecule has 2 amide bonds. The summed E-state index contributed by atoms with van der Waals surface area (Å²) in [6.45, 7) is 3.92. The van der Waals surface area contributed by atoms with Gasteiger partial charge in [-0.1, -0.05) is 39.5 Å². The molecule has 2 unspecified atom stereocenters. The van der Waals surface area contributed by atoms with Crippen LogP contribution in [0.15, 0.2) is 12.7 Å². The minimum absolute atomic E-state index is 0.0157. The number of hydrogen-bond donors (Lipinski definition) is 10. The zero-order chi connectivity index (χ0) is 42.2. The number of fused-ring (bicyclic) bond motifs is 1. The van der Waals surface area contributed by atoms with Crippen LogP contribution >= 0.6 is 35.2 Å². The molecule has 1 aliphatic heterocycles. The zero-order valence-corrected chi connectivity index (χ0v) is 33.9. The van der Waals surface area contributed by atoms with Crippen molar-refractivity contribution in [1.29, 1.82) is 0 Å². The largest absolute Gasteiger partial charge is 0.481 e. The van der Waals surface area contributed by atoms with E-state index in [1.807, 2.05) is 0 Å². The van der Waals surface area contributed by atoms with Crippen LogP contribution in [0.5, 0.6) is 0 Å². The quantitative estimate of drug-likeness (QED) is 0.0504. The van der Waals surface area contributed by atoms with Crippen LogP contribution in [0.1, 0.15) is 46.8 Å². The Morgan fingerprint density at radius 2 is 1.70 bits per heavy atom. The molecule has 0 spiro atoms. The molecule has 3 heterocycles. The molecule has 3 rings (SSSR count). The van der Waals surface area contributed by atoms with Gasteiger partial charge in [0.2, 0.25) is 11.8 Å². The first-order valence-electron chi connectivity index (χ1n) is 16.5. The highest BCUT2D eigenvalue weighted by atomic mass is 32.2. The number of nitrogens with two attached hydrogens (primary N) is 1. The first kappa shape index (κ1) is 47.9. The third-order valence-electron chi connectivity index (χ3n) is 7.91. The Bertz CT molecular complexity index is 1830. The highest BCUT2D eigenvalue weighted by Crippen LogP contribution is 2.61. The summed E-state index contributed by atoms with van der Waals surface area (Å²) < 4.78 is 62.0. The van der Waals surface area contributed by atoms with Crippen LogP contribution in [0.4, 0.5) is 5.82 Å². The van der Waals surface area contributed by atoms with Gasteiger partial charge in [-0.3, -0.25) is 32.5 Å². The summed E-state index contributed by atoms with van der Waals surface area (Å²) in [5, 5.41) is 35.8.